The van der Waals surface area contributed by atoms with Gasteiger partial charge in [0.15, 0.2) is 6.29 Å². The van der Waals surface area contributed by atoms with E-state index >= 15 is 0 Å². The van der Waals surface area contributed by atoms with Crippen LogP contribution in [-0.4, -0.2) is 18.0 Å². The Morgan fingerprint density at radius 2 is 1.30 bits per heavy atom. The lowest BCUT2D eigenvalue weighted by molar-refractivity contribution is 0.112. The number of hydrogen-bond donors (Lipinski definition) is 1. The van der Waals surface area contributed by atoms with E-state index in [9.17, 15) is 9.90 Å². The molecule has 172 valence electrons. The van der Waals surface area contributed by atoms with Crippen LogP contribution in [0.15, 0.2) is 18.2 Å². The Labute approximate surface area is 185 Å². The van der Waals surface area contributed by atoms with Gasteiger partial charge in [-0.15, -0.1) is 0 Å². The van der Waals surface area contributed by atoms with Crippen LogP contribution in [0.4, 0.5) is 0 Å². The van der Waals surface area contributed by atoms with Gasteiger partial charge in [0.05, 0.1) is 12.2 Å². The molecular weight excluding hydrogens is 372 g/mol. The Morgan fingerprint density at radius 1 is 0.800 bits per heavy atom. The number of benzene rings is 1. The second-order valence-corrected chi connectivity index (χ2v) is 9.98. The van der Waals surface area contributed by atoms with Crippen LogP contribution in [0.2, 0.25) is 0 Å². The zero-order valence-electron chi connectivity index (χ0n) is 20.2. The van der Waals surface area contributed by atoms with E-state index in [1.165, 1.54) is 63.9 Å². The fourth-order valence-electron chi connectivity index (χ4n) is 4.03. The maximum atomic E-state index is 10.7. The van der Waals surface area contributed by atoms with Gasteiger partial charge in [0, 0.05) is 6.07 Å². The zero-order valence-corrected chi connectivity index (χ0v) is 20.2. The maximum absolute atomic E-state index is 10.7. The molecule has 0 saturated heterocycles. The van der Waals surface area contributed by atoms with E-state index in [1.54, 1.807) is 12.1 Å². The lowest BCUT2D eigenvalue weighted by Gasteiger charge is -2.16. The number of aromatic hydroxyl groups is 1. The summed E-state index contributed by atoms with van der Waals surface area (Å²) in [5.74, 6) is 3.80. The monoisotopic (exact) mass is 418 g/mol. The van der Waals surface area contributed by atoms with Gasteiger partial charge in [-0.2, -0.15) is 0 Å². The van der Waals surface area contributed by atoms with Crippen molar-refractivity contribution in [2.45, 2.75) is 98.8 Å². The second kappa shape index (κ2) is 15.3. The molecule has 0 amide bonds. The van der Waals surface area contributed by atoms with Gasteiger partial charge >= 0.3 is 0 Å². The van der Waals surface area contributed by atoms with E-state index in [2.05, 4.69) is 34.6 Å². The summed E-state index contributed by atoms with van der Waals surface area (Å²) in [6.45, 7) is 12.4. The molecule has 3 heteroatoms. The van der Waals surface area contributed by atoms with Crippen LogP contribution < -0.4 is 4.74 Å². The third kappa shape index (κ3) is 12.2. The highest BCUT2D eigenvalue weighted by Gasteiger charge is 2.09. The van der Waals surface area contributed by atoms with Crippen LogP contribution >= 0.6 is 0 Å². The maximum Gasteiger partial charge on any atom is 0.153 e. The lowest BCUT2D eigenvalue weighted by atomic mass is 9.91. The first-order valence-corrected chi connectivity index (χ1v) is 12.2. The summed E-state index contributed by atoms with van der Waals surface area (Å²) in [6.07, 6.45) is 13.8. The SMILES string of the molecule is CC(C)CCCC(C)CCCC(C)CCCC(C)CCOc1ccc(C=O)c(O)c1. The molecule has 3 atom stereocenters. The fourth-order valence-corrected chi connectivity index (χ4v) is 4.03. The molecule has 0 aliphatic heterocycles. The molecule has 0 aromatic heterocycles. The van der Waals surface area contributed by atoms with Crippen molar-refractivity contribution in [3.8, 4) is 11.5 Å². The van der Waals surface area contributed by atoms with Crippen LogP contribution in [0.1, 0.15) is 109 Å². The number of carbonyl (C=O) groups excluding carboxylic acids is 1. The average Bonchev–Trinajstić information content (AvgIpc) is 2.68. The van der Waals surface area contributed by atoms with Crippen LogP contribution in [0, 0.1) is 23.7 Å². The summed E-state index contributed by atoms with van der Waals surface area (Å²) in [6, 6.07) is 4.84. The van der Waals surface area contributed by atoms with Crippen molar-refractivity contribution in [3.63, 3.8) is 0 Å². The van der Waals surface area contributed by atoms with E-state index < -0.39 is 0 Å². The smallest absolute Gasteiger partial charge is 0.153 e. The van der Waals surface area contributed by atoms with Crippen molar-refractivity contribution in [1.82, 2.24) is 0 Å². The lowest BCUT2D eigenvalue weighted by Crippen LogP contribution is -2.05. The largest absolute Gasteiger partial charge is 0.507 e. The van der Waals surface area contributed by atoms with Gasteiger partial charge in [0.25, 0.3) is 0 Å². The minimum Gasteiger partial charge on any atom is -0.507 e. The first-order valence-electron chi connectivity index (χ1n) is 12.2. The van der Waals surface area contributed by atoms with E-state index in [4.69, 9.17) is 4.74 Å². The first-order chi connectivity index (χ1) is 14.3. The number of hydrogen-bond acceptors (Lipinski definition) is 3. The average molecular weight is 419 g/mol. The molecule has 3 unspecified atom stereocenters. The van der Waals surface area contributed by atoms with Gasteiger partial charge in [-0.1, -0.05) is 92.4 Å². The standard InChI is InChI=1S/C27H46O3/c1-21(2)9-6-10-22(3)11-7-12-23(4)13-8-14-24(5)17-18-30-26-16-15-25(20-28)27(29)19-26/h15-16,19-24,29H,6-14,17-18H2,1-5H3. The van der Waals surface area contributed by atoms with Gasteiger partial charge in [0.2, 0.25) is 0 Å². The summed E-state index contributed by atoms with van der Waals surface area (Å²) in [5.41, 5.74) is 0.297. The Balaban J connectivity index is 2.06. The third-order valence-corrected chi connectivity index (χ3v) is 6.27. The highest BCUT2D eigenvalue weighted by molar-refractivity contribution is 5.79. The summed E-state index contributed by atoms with van der Waals surface area (Å²) >= 11 is 0. The van der Waals surface area contributed by atoms with Gasteiger partial charge in [0.1, 0.15) is 11.5 Å². The minimum absolute atomic E-state index is 0.0190. The van der Waals surface area contributed by atoms with Gasteiger partial charge in [-0.3, -0.25) is 4.79 Å². The Hall–Kier alpha value is -1.51. The quantitative estimate of drug-likeness (QED) is 0.260. The molecule has 0 saturated carbocycles. The van der Waals surface area contributed by atoms with Crippen molar-refractivity contribution in [1.29, 1.82) is 0 Å². The highest BCUT2D eigenvalue weighted by atomic mass is 16.5. The number of carbonyl (C=O) groups is 1. The van der Waals surface area contributed by atoms with Gasteiger partial charge < -0.3 is 9.84 Å². The molecule has 0 aliphatic carbocycles. The molecule has 0 spiro atoms. The molecule has 1 rings (SSSR count). The van der Waals surface area contributed by atoms with Gasteiger partial charge in [-0.25, -0.2) is 0 Å². The van der Waals surface area contributed by atoms with E-state index in [0.29, 0.717) is 30.1 Å². The topological polar surface area (TPSA) is 46.5 Å². The zero-order chi connectivity index (χ0) is 22.4. The molecule has 0 aliphatic rings. The minimum atomic E-state index is -0.0190. The summed E-state index contributed by atoms with van der Waals surface area (Å²) in [7, 11) is 0. The van der Waals surface area contributed by atoms with Crippen molar-refractivity contribution in [2.24, 2.45) is 23.7 Å². The van der Waals surface area contributed by atoms with Crippen LogP contribution in [0.3, 0.4) is 0 Å². The predicted molar refractivity (Wildman–Crippen MR) is 127 cm³/mol. The molecule has 1 aromatic carbocycles. The Morgan fingerprint density at radius 3 is 1.77 bits per heavy atom. The Kier molecular flexibility index (Phi) is 13.5. The van der Waals surface area contributed by atoms with Crippen LogP contribution in [-0.2, 0) is 0 Å². The normalized spacial score (nSPS) is 14.5. The number of phenolic OH excluding ortho intramolecular Hbond substituents is 1. The summed E-state index contributed by atoms with van der Waals surface area (Å²) in [4.78, 5) is 10.7. The molecule has 0 fully saturated rings. The molecule has 1 N–H and O–H groups in total. The molecule has 0 radical (unpaired) electrons. The van der Waals surface area contributed by atoms with E-state index in [-0.39, 0.29) is 5.75 Å². The first kappa shape index (κ1) is 26.5. The Bertz CT molecular complexity index is 581. The molecule has 0 heterocycles. The molecular formula is C27H46O3. The van der Waals surface area contributed by atoms with E-state index in [1.807, 2.05) is 0 Å². The number of ether oxygens (including phenoxy) is 1. The molecule has 3 nitrogen and oxygen atoms in total. The van der Waals surface area contributed by atoms with Crippen LogP contribution in [0.5, 0.6) is 11.5 Å². The van der Waals surface area contributed by atoms with Crippen molar-refractivity contribution >= 4 is 6.29 Å². The summed E-state index contributed by atoms with van der Waals surface area (Å²) < 4.78 is 5.72. The van der Waals surface area contributed by atoms with Gasteiger partial charge in [-0.05, 0) is 42.2 Å². The van der Waals surface area contributed by atoms with Crippen molar-refractivity contribution < 1.29 is 14.6 Å². The third-order valence-electron chi connectivity index (χ3n) is 6.27. The molecule has 0 bridgehead atoms. The van der Waals surface area contributed by atoms with Crippen molar-refractivity contribution in [3.05, 3.63) is 23.8 Å². The highest BCUT2D eigenvalue weighted by Crippen LogP contribution is 2.24. The second-order valence-electron chi connectivity index (χ2n) is 9.98. The number of aldehydes is 1. The molecule has 1 aromatic rings. The van der Waals surface area contributed by atoms with Crippen LogP contribution in [0.25, 0.3) is 0 Å². The van der Waals surface area contributed by atoms with Crippen molar-refractivity contribution in [2.75, 3.05) is 6.61 Å². The summed E-state index contributed by atoms with van der Waals surface area (Å²) in [5, 5.41) is 9.71. The molecule has 30 heavy (non-hydrogen) atoms. The van der Waals surface area contributed by atoms with E-state index in [0.717, 1.165) is 24.2 Å². The predicted octanol–water partition coefficient (Wildman–Crippen LogP) is 8.05. The number of rotatable bonds is 17. The fraction of sp³-hybridized carbons (Fsp3) is 0.741. The number of phenols is 1.